The number of aromatic nitrogens is 2. The van der Waals surface area contributed by atoms with Crippen LogP contribution in [0.25, 0.3) is 0 Å². The molecule has 13 heavy (non-hydrogen) atoms. The third-order valence-corrected chi connectivity index (χ3v) is 3.08. The average Bonchev–Trinajstić information content (AvgIpc) is 2.57. The van der Waals surface area contributed by atoms with Crippen LogP contribution < -0.4 is 5.73 Å². The van der Waals surface area contributed by atoms with Crippen molar-refractivity contribution in [2.75, 3.05) is 12.3 Å². The molecule has 0 fully saturated rings. The molecule has 0 aliphatic heterocycles. The van der Waals surface area contributed by atoms with Crippen molar-refractivity contribution in [3.63, 3.8) is 0 Å². The Labute approximate surface area is 83.7 Å². The monoisotopic (exact) mass is 199 g/mol. The Hall–Kier alpha value is -0.480. The van der Waals surface area contributed by atoms with E-state index in [2.05, 4.69) is 12.0 Å². The zero-order chi connectivity index (χ0) is 9.52. The molecular formula is C9H17N3S. The molecular weight excluding hydrogens is 182 g/mol. The van der Waals surface area contributed by atoms with Gasteiger partial charge in [0.1, 0.15) is 0 Å². The van der Waals surface area contributed by atoms with Crippen molar-refractivity contribution in [2.24, 2.45) is 5.73 Å². The lowest BCUT2D eigenvalue weighted by Gasteiger charge is -2.08. The zero-order valence-corrected chi connectivity index (χ0v) is 8.83. The van der Waals surface area contributed by atoms with E-state index in [4.69, 9.17) is 5.73 Å². The minimum atomic E-state index is 0.667. The van der Waals surface area contributed by atoms with Gasteiger partial charge in [0.25, 0.3) is 0 Å². The van der Waals surface area contributed by atoms with Crippen LogP contribution in [0.3, 0.4) is 0 Å². The van der Waals surface area contributed by atoms with Crippen molar-refractivity contribution in [3.05, 3.63) is 18.5 Å². The highest BCUT2D eigenvalue weighted by atomic mass is 32.2. The Balaban J connectivity index is 2.07. The van der Waals surface area contributed by atoms with E-state index in [0.717, 1.165) is 25.3 Å². The minimum Gasteiger partial charge on any atom is -0.330 e. The van der Waals surface area contributed by atoms with Crippen LogP contribution in [0.15, 0.2) is 18.5 Å². The maximum atomic E-state index is 5.46. The van der Waals surface area contributed by atoms with Crippen molar-refractivity contribution in [3.8, 4) is 0 Å². The first-order chi connectivity index (χ1) is 6.33. The maximum Gasteiger partial charge on any atom is 0.0499 e. The standard InChI is InChI=1S/C9H17N3S/c1-9(3-4-10)13-8-7-12-6-2-5-11-12/h2,5-6,9H,3-4,7-8,10H2,1H3. The molecule has 3 nitrogen and oxygen atoms in total. The van der Waals surface area contributed by atoms with Gasteiger partial charge in [-0.25, -0.2) is 0 Å². The molecule has 1 atom stereocenters. The number of thioether (sulfide) groups is 1. The molecule has 4 heteroatoms. The number of nitrogens with two attached hydrogens (primary N) is 1. The fourth-order valence-electron chi connectivity index (χ4n) is 1.10. The van der Waals surface area contributed by atoms with Crippen molar-refractivity contribution >= 4 is 11.8 Å². The van der Waals surface area contributed by atoms with Gasteiger partial charge in [0, 0.05) is 29.9 Å². The maximum absolute atomic E-state index is 5.46. The minimum absolute atomic E-state index is 0.667. The molecule has 0 saturated heterocycles. The summed E-state index contributed by atoms with van der Waals surface area (Å²) in [5, 5.41) is 4.80. The summed E-state index contributed by atoms with van der Waals surface area (Å²) in [5.41, 5.74) is 5.46. The van der Waals surface area contributed by atoms with Gasteiger partial charge in [0.15, 0.2) is 0 Å². The van der Waals surface area contributed by atoms with Crippen LogP contribution in [-0.4, -0.2) is 27.3 Å². The summed E-state index contributed by atoms with van der Waals surface area (Å²) in [6, 6.07) is 1.95. The summed E-state index contributed by atoms with van der Waals surface area (Å²) < 4.78 is 1.96. The second-order valence-corrected chi connectivity index (χ2v) is 4.57. The molecule has 0 bridgehead atoms. The van der Waals surface area contributed by atoms with E-state index < -0.39 is 0 Å². The molecule has 1 aromatic rings. The summed E-state index contributed by atoms with van der Waals surface area (Å²) >= 11 is 1.96. The predicted molar refractivity (Wildman–Crippen MR) is 57.8 cm³/mol. The van der Waals surface area contributed by atoms with Crippen molar-refractivity contribution in [1.82, 2.24) is 9.78 Å². The third kappa shape index (κ3) is 4.33. The van der Waals surface area contributed by atoms with Gasteiger partial charge in [-0.2, -0.15) is 16.9 Å². The molecule has 1 aromatic heterocycles. The topological polar surface area (TPSA) is 43.8 Å². The highest BCUT2D eigenvalue weighted by molar-refractivity contribution is 7.99. The fraction of sp³-hybridized carbons (Fsp3) is 0.667. The van der Waals surface area contributed by atoms with Crippen molar-refractivity contribution < 1.29 is 0 Å². The molecule has 0 aliphatic rings. The van der Waals surface area contributed by atoms with E-state index >= 15 is 0 Å². The van der Waals surface area contributed by atoms with E-state index in [1.807, 2.05) is 34.9 Å². The zero-order valence-electron chi connectivity index (χ0n) is 8.02. The molecule has 0 amide bonds. The lowest BCUT2D eigenvalue weighted by molar-refractivity contribution is 0.665. The van der Waals surface area contributed by atoms with Crippen LogP contribution in [0.4, 0.5) is 0 Å². The fourth-order valence-corrected chi connectivity index (χ4v) is 2.10. The second-order valence-electron chi connectivity index (χ2n) is 3.03. The van der Waals surface area contributed by atoms with Gasteiger partial charge in [0.2, 0.25) is 0 Å². The van der Waals surface area contributed by atoms with E-state index in [-0.39, 0.29) is 0 Å². The largest absolute Gasteiger partial charge is 0.330 e. The Kier molecular flexibility index (Phi) is 4.93. The lowest BCUT2D eigenvalue weighted by Crippen LogP contribution is -2.09. The number of hydrogen-bond donors (Lipinski definition) is 1. The van der Waals surface area contributed by atoms with E-state index in [0.29, 0.717) is 5.25 Å². The van der Waals surface area contributed by atoms with Gasteiger partial charge in [-0.3, -0.25) is 4.68 Å². The molecule has 1 rings (SSSR count). The highest BCUT2D eigenvalue weighted by Crippen LogP contribution is 2.13. The van der Waals surface area contributed by atoms with Crippen LogP contribution in [0.5, 0.6) is 0 Å². The van der Waals surface area contributed by atoms with Gasteiger partial charge < -0.3 is 5.73 Å². The molecule has 2 N–H and O–H groups in total. The molecule has 1 unspecified atom stereocenters. The first-order valence-corrected chi connectivity index (χ1v) is 5.67. The molecule has 0 saturated carbocycles. The summed E-state index contributed by atoms with van der Waals surface area (Å²) in [7, 11) is 0. The molecule has 0 spiro atoms. The van der Waals surface area contributed by atoms with Crippen molar-refractivity contribution in [2.45, 2.75) is 25.1 Å². The smallest absolute Gasteiger partial charge is 0.0499 e. The van der Waals surface area contributed by atoms with E-state index in [9.17, 15) is 0 Å². The molecule has 1 heterocycles. The van der Waals surface area contributed by atoms with Crippen LogP contribution in [0.2, 0.25) is 0 Å². The van der Waals surface area contributed by atoms with Crippen LogP contribution >= 0.6 is 11.8 Å². The van der Waals surface area contributed by atoms with Gasteiger partial charge in [-0.1, -0.05) is 6.92 Å². The highest BCUT2D eigenvalue weighted by Gasteiger charge is 2.00. The predicted octanol–water partition coefficient (Wildman–Crippen LogP) is 1.35. The summed E-state index contributed by atoms with van der Waals surface area (Å²) in [6.07, 6.45) is 4.91. The second kappa shape index (κ2) is 6.05. The summed E-state index contributed by atoms with van der Waals surface area (Å²) in [6.45, 7) is 4.00. The number of rotatable bonds is 6. The van der Waals surface area contributed by atoms with Gasteiger partial charge in [0.05, 0.1) is 0 Å². The summed E-state index contributed by atoms with van der Waals surface area (Å²) in [4.78, 5) is 0. The van der Waals surface area contributed by atoms with Gasteiger partial charge in [-0.15, -0.1) is 0 Å². The van der Waals surface area contributed by atoms with E-state index in [1.54, 1.807) is 0 Å². The molecule has 0 aromatic carbocycles. The lowest BCUT2D eigenvalue weighted by atomic mass is 10.3. The number of aryl methyl sites for hydroxylation is 1. The molecule has 74 valence electrons. The quantitative estimate of drug-likeness (QED) is 0.752. The van der Waals surface area contributed by atoms with E-state index in [1.165, 1.54) is 0 Å². The Bertz CT molecular complexity index is 211. The normalized spacial score (nSPS) is 13.1. The van der Waals surface area contributed by atoms with Crippen LogP contribution in [0, 0.1) is 0 Å². The number of nitrogens with zero attached hydrogens (tertiary/aromatic N) is 2. The first kappa shape index (κ1) is 10.6. The first-order valence-electron chi connectivity index (χ1n) is 4.62. The summed E-state index contributed by atoms with van der Waals surface area (Å²) in [5.74, 6) is 1.11. The van der Waals surface area contributed by atoms with Gasteiger partial charge >= 0.3 is 0 Å². The van der Waals surface area contributed by atoms with Gasteiger partial charge in [-0.05, 0) is 19.0 Å². The van der Waals surface area contributed by atoms with Crippen molar-refractivity contribution in [1.29, 1.82) is 0 Å². The average molecular weight is 199 g/mol. The number of hydrogen-bond acceptors (Lipinski definition) is 3. The van der Waals surface area contributed by atoms with Crippen LogP contribution in [0.1, 0.15) is 13.3 Å². The Morgan fingerprint density at radius 3 is 3.08 bits per heavy atom. The Morgan fingerprint density at radius 2 is 2.46 bits per heavy atom. The molecule has 0 radical (unpaired) electrons. The third-order valence-electron chi connectivity index (χ3n) is 1.86. The van der Waals surface area contributed by atoms with Crippen LogP contribution in [-0.2, 0) is 6.54 Å². The SMILES string of the molecule is CC(CCN)SCCn1cccn1. The molecule has 0 aliphatic carbocycles. The Morgan fingerprint density at radius 1 is 1.62 bits per heavy atom.